The van der Waals surface area contributed by atoms with E-state index in [9.17, 15) is 9.50 Å². The van der Waals surface area contributed by atoms with Gasteiger partial charge in [-0.3, -0.25) is 0 Å². The molecule has 2 unspecified atom stereocenters. The van der Waals surface area contributed by atoms with Gasteiger partial charge in [0.15, 0.2) is 0 Å². The minimum atomic E-state index is -0.462. The number of ether oxygens (including phenoxy) is 1. The molecule has 0 aromatic heterocycles. The Balaban J connectivity index is 2.73. The fourth-order valence-corrected chi connectivity index (χ4v) is 1.86. The molecule has 0 aliphatic rings. The maximum absolute atomic E-state index is 13.0. The zero-order chi connectivity index (χ0) is 13.7. The smallest absolute Gasteiger partial charge is 0.137 e. The van der Waals surface area contributed by atoms with Crippen molar-refractivity contribution in [2.24, 2.45) is 11.7 Å². The zero-order valence-electron chi connectivity index (χ0n) is 11.2. The van der Waals surface area contributed by atoms with E-state index in [4.69, 9.17) is 10.5 Å². The molecule has 18 heavy (non-hydrogen) atoms. The lowest BCUT2D eigenvalue weighted by atomic mass is 10.0. The van der Waals surface area contributed by atoms with Crippen molar-refractivity contribution in [3.05, 3.63) is 29.6 Å². The predicted octanol–water partition coefficient (Wildman–Crippen LogP) is 2.25. The monoisotopic (exact) mass is 255 g/mol. The molecule has 102 valence electrons. The van der Waals surface area contributed by atoms with E-state index in [1.807, 2.05) is 0 Å². The normalized spacial score (nSPS) is 14.6. The second kappa shape index (κ2) is 6.71. The van der Waals surface area contributed by atoms with Crippen molar-refractivity contribution >= 4 is 0 Å². The summed E-state index contributed by atoms with van der Waals surface area (Å²) in [5, 5.41) is 9.34. The number of halogens is 1. The number of aliphatic hydroxyl groups excluding tert-OH is 1. The maximum atomic E-state index is 13.0. The van der Waals surface area contributed by atoms with E-state index < -0.39 is 6.10 Å². The highest BCUT2D eigenvalue weighted by atomic mass is 19.1. The summed E-state index contributed by atoms with van der Waals surface area (Å²) in [5.41, 5.74) is 6.70. The maximum Gasteiger partial charge on any atom is 0.137 e. The molecule has 1 rings (SSSR count). The lowest BCUT2D eigenvalue weighted by molar-refractivity contribution is 0.0875. The van der Waals surface area contributed by atoms with Gasteiger partial charge in [-0.2, -0.15) is 0 Å². The molecule has 0 bridgehead atoms. The van der Waals surface area contributed by atoms with Crippen LogP contribution in [0.3, 0.4) is 0 Å². The van der Waals surface area contributed by atoms with Crippen LogP contribution in [-0.2, 0) is 0 Å². The number of benzene rings is 1. The van der Waals surface area contributed by atoms with E-state index in [1.54, 1.807) is 13.0 Å². The standard InChI is InChI=1S/C14H22FNO2/c1-9(2)6-12(16)14(8-17)18-13-5-4-11(15)7-10(13)3/h4-5,7,9,12,14,17H,6,8,16H2,1-3H3. The minimum Gasteiger partial charge on any atom is -0.486 e. The lowest BCUT2D eigenvalue weighted by Crippen LogP contribution is -2.42. The van der Waals surface area contributed by atoms with E-state index in [1.165, 1.54) is 12.1 Å². The summed E-state index contributed by atoms with van der Waals surface area (Å²) in [4.78, 5) is 0. The minimum absolute atomic E-state index is 0.148. The van der Waals surface area contributed by atoms with Gasteiger partial charge in [-0.15, -0.1) is 0 Å². The summed E-state index contributed by atoms with van der Waals surface area (Å²) < 4.78 is 18.6. The van der Waals surface area contributed by atoms with Crippen LogP contribution in [-0.4, -0.2) is 23.9 Å². The molecule has 2 atom stereocenters. The summed E-state index contributed by atoms with van der Waals surface area (Å²) >= 11 is 0. The average molecular weight is 255 g/mol. The Bertz CT molecular complexity index is 382. The van der Waals surface area contributed by atoms with Gasteiger partial charge in [0.2, 0.25) is 0 Å². The molecule has 0 spiro atoms. The van der Waals surface area contributed by atoms with Crippen LogP contribution >= 0.6 is 0 Å². The number of hydrogen-bond donors (Lipinski definition) is 2. The number of hydrogen-bond acceptors (Lipinski definition) is 3. The van der Waals surface area contributed by atoms with Crippen LogP contribution in [0.2, 0.25) is 0 Å². The summed E-state index contributed by atoms with van der Waals surface area (Å²) in [7, 11) is 0. The number of aliphatic hydroxyl groups is 1. The van der Waals surface area contributed by atoms with Gasteiger partial charge in [0.25, 0.3) is 0 Å². The van der Waals surface area contributed by atoms with Gasteiger partial charge in [0.1, 0.15) is 17.7 Å². The largest absolute Gasteiger partial charge is 0.486 e. The van der Waals surface area contributed by atoms with E-state index >= 15 is 0 Å². The van der Waals surface area contributed by atoms with E-state index in [0.717, 1.165) is 6.42 Å². The Morgan fingerprint density at radius 2 is 2.06 bits per heavy atom. The quantitative estimate of drug-likeness (QED) is 0.819. The van der Waals surface area contributed by atoms with Crippen LogP contribution in [0, 0.1) is 18.7 Å². The molecule has 1 aromatic rings. The Kier molecular flexibility index (Phi) is 5.56. The molecular formula is C14H22FNO2. The number of rotatable bonds is 6. The van der Waals surface area contributed by atoms with Crippen molar-refractivity contribution < 1.29 is 14.2 Å². The van der Waals surface area contributed by atoms with Gasteiger partial charge in [0.05, 0.1) is 6.61 Å². The number of aryl methyl sites for hydroxylation is 1. The molecular weight excluding hydrogens is 233 g/mol. The lowest BCUT2D eigenvalue weighted by Gasteiger charge is -2.25. The van der Waals surface area contributed by atoms with Crippen LogP contribution in [0.4, 0.5) is 4.39 Å². The van der Waals surface area contributed by atoms with E-state index in [-0.39, 0.29) is 18.5 Å². The fraction of sp³-hybridized carbons (Fsp3) is 0.571. The van der Waals surface area contributed by atoms with Gasteiger partial charge < -0.3 is 15.6 Å². The first-order chi connectivity index (χ1) is 8.43. The molecule has 0 saturated carbocycles. The highest BCUT2D eigenvalue weighted by Crippen LogP contribution is 2.21. The molecule has 4 heteroatoms. The predicted molar refractivity (Wildman–Crippen MR) is 70.1 cm³/mol. The van der Waals surface area contributed by atoms with Crippen molar-refractivity contribution in [3.8, 4) is 5.75 Å². The van der Waals surface area contributed by atoms with Crippen molar-refractivity contribution in [1.29, 1.82) is 0 Å². The molecule has 0 aliphatic carbocycles. The van der Waals surface area contributed by atoms with Crippen LogP contribution in [0.15, 0.2) is 18.2 Å². The fourth-order valence-electron chi connectivity index (χ4n) is 1.86. The molecule has 0 saturated heterocycles. The molecule has 0 heterocycles. The van der Waals surface area contributed by atoms with E-state index in [0.29, 0.717) is 17.2 Å². The first-order valence-electron chi connectivity index (χ1n) is 6.23. The molecule has 0 radical (unpaired) electrons. The van der Waals surface area contributed by atoms with Crippen molar-refractivity contribution in [1.82, 2.24) is 0 Å². The molecule has 1 aromatic carbocycles. The van der Waals surface area contributed by atoms with Crippen LogP contribution in [0.25, 0.3) is 0 Å². The van der Waals surface area contributed by atoms with E-state index in [2.05, 4.69) is 13.8 Å². The van der Waals surface area contributed by atoms with Crippen LogP contribution in [0.1, 0.15) is 25.8 Å². The van der Waals surface area contributed by atoms with Gasteiger partial charge in [-0.1, -0.05) is 13.8 Å². The molecule has 3 N–H and O–H groups in total. The second-order valence-electron chi connectivity index (χ2n) is 5.04. The molecule has 0 aliphatic heterocycles. The molecule has 0 fully saturated rings. The zero-order valence-corrected chi connectivity index (χ0v) is 11.2. The van der Waals surface area contributed by atoms with Crippen LogP contribution in [0.5, 0.6) is 5.75 Å². The van der Waals surface area contributed by atoms with Crippen LogP contribution < -0.4 is 10.5 Å². The molecule has 3 nitrogen and oxygen atoms in total. The third kappa shape index (κ3) is 4.27. The molecule has 0 amide bonds. The number of nitrogens with two attached hydrogens (primary N) is 1. The first kappa shape index (κ1) is 14.9. The summed E-state index contributed by atoms with van der Waals surface area (Å²) in [6, 6.07) is 4.07. The Morgan fingerprint density at radius 3 is 2.56 bits per heavy atom. The highest BCUT2D eigenvalue weighted by Gasteiger charge is 2.20. The topological polar surface area (TPSA) is 55.5 Å². The Labute approximate surface area is 108 Å². The van der Waals surface area contributed by atoms with Gasteiger partial charge >= 0.3 is 0 Å². The Morgan fingerprint density at radius 1 is 1.39 bits per heavy atom. The van der Waals surface area contributed by atoms with Gasteiger partial charge in [-0.25, -0.2) is 4.39 Å². The summed E-state index contributed by atoms with van der Waals surface area (Å²) in [6.07, 6.45) is 0.308. The first-order valence-corrected chi connectivity index (χ1v) is 6.23. The van der Waals surface area contributed by atoms with Crippen molar-refractivity contribution in [2.45, 2.75) is 39.3 Å². The van der Waals surface area contributed by atoms with Crippen molar-refractivity contribution in [3.63, 3.8) is 0 Å². The third-order valence-electron chi connectivity index (χ3n) is 2.82. The van der Waals surface area contributed by atoms with Crippen molar-refractivity contribution in [2.75, 3.05) is 6.61 Å². The third-order valence-corrected chi connectivity index (χ3v) is 2.82. The average Bonchev–Trinajstić information content (AvgIpc) is 2.27. The SMILES string of the molecule is Cc1cc(F)ccc1OC(CO)C(N)CC(C)C. The van der Waals surface area contributed by atoms with Gasteiger partial charge in [-0.05, 0) is 43.0 Å². The summed E-state index contributed by atoms with van der Waals surface area (Å²) in [5.74, 6) is 0.702. The Hall–Kier alpha value is -1.13. The highest BCUT2D eigenvalue weighted by molar-refractivity contribution is 5.32. The van der Waals surface area contributed by atoms with Gasteiger partial charge in [0, 0.05) is 6.04 Å². The second-order valence-corrected chi connectivity index (χ2v) is 5.04. The summed E-state index contributed by atoms with van der Waals surface area (Å²) in [6.45, 7) is 5.75.